The number of anilines is 1. The molecule has 0 bridgehead atoms. The van der Waals surface area contributed by atoms with E-state index in [1.807, 2.05) is 36.4 Å². The lowest BCUT2D eigenvalue weighted by atomic mass is 9.98. The van der Waals surface area contributed by atoms with Crippen molar-refractivity contribution in [1.29, 1.82) is 0 Å². The number of carbonyl (C=O) groups is 1. The number of benzene rings is 3. The summed E-state index contributed by atoms with van der Waals surface area (Å²) in [6.07, 6.45) is 0. The van der Waals surface area contributed by atoms with Crippen molar-refractivity contribution >= 4 is 21.5 Å². The fourth-order valence-electron chi connectivity index (χ4n) is 3.17. The van der Waals surface area contributed by atoms with Gasteiger partial charge in [0, 0.05) is 0 Å². The van der Waals surface area contributed by atoms with Crippen molar-refractivity contribution in [3.63, 3.8) is 0 Å². The highest BCUT2D eigenvalue weighted by molar-refractivity contribution is 7.91. The molecule has 0 aliphatic carbocycles. The Hall–Kier alpha value is -3.76. The monoisotopic (exact) mass is 449 g/mol. The van der Waals surface area contributed by atoms with Gasteiger partial charge in [0.2, 0.25) is 0 Å². The molecule has 0 fully saturated rings. The molecule has 3 rings (SSSR count). The largest absolute Gasteiger partial charge is 0.481 e. The number of carboxylic acid groups (broad SMARTS) is 1. The molecule has 0 saturated heterocycles. The van der Waals surface area contributed by atoms with Crippen LogP contribution in [0, 0.1) is 18.8 Å². The molecule has 0 aliphatic heterocycles. The first kappa shape index (κ1) is 22.9. The number of rotatable bonds is 8. The number of ether oxygens (including phenoxy) is 1. The normalized spacial score (nSPS) is 10.7. The molecule has 0 heterocycles. The highest BCUT2D eigenvalue weighted by atomic mass is 32.2. The third kappa shape index (κ3) is 5.48. The quantitative estimate of drug-likeness (QED) is 0.488. The van der Waals surface area contributed by atoms with Crippen LogP contribution in [-0.2, 0) is 9.84 Å². The van der Waals surface area contributed by atoms with Gasteiger partial charge >= 0.3 is 5.97 Å². The van der Waals surface area contributed by atoms with Gasteiger partial charge in [0.1, 0.15) is 18.2 Å². The van der Waals surface area contributed by atoms with Gasteiger partial charge in [-0.1, -0.05) is 36.3 Å². The van der Waals surface area contributed by atoms with Gasteiger partial charge in [-0.05, 0) is 66.9 Å². The summed E-state index contributed by atoms with van der Waals surface area (Å²) in [4.78, 5) is 12.0. The lowest BCUT2D eigenvalue weighted by molar-refractivity contribution is 0.0698. The number of hydrogen-bond donors (Lipinski definition) is 2. The van der Waals surface area contributed by atoms with Crippen molar-refractivity contribution in [2.24, 2.45) is 0 Å². The van der Waals surface area contributed by atoms with Crippen LogP contribution in [0.25, 0.3) is 11.1 Å². The second-order valence-electron chi connectivity index (χ2n) is 7.01. The van der Waals surface area contributed by atoms with Crippen molar-refractivity contribution < 1.29 is 23.1 Å². The van der Waals surface area contributed by atoms with E-state index in [0.717, 1.165) is 11.1 Å². The molecular weight excluding hydrogens is 426 g/mol. The van der Waals surface area contributed by atoms with E-state index in [1.54, 1.807) is 32.0 Å². The molecule has 32 heavy (non-hydrogen) atoms. The maximum atomic E-state index is 12.8. The minimum absolute atomic E-state index is 0.0137. The molecule has 0 amide bonds. The average molecular weight is 450 g/mol. The summed E-state index contributed by atoms with van der Waals surface area (Å²) in [6, 6.07) is 18.8. The van der Waals surface area contributed by atoms with Crippen molar-refractivity contribution in [1.82, 2.24) is 0 Å². The minimum Gasteiger partial charge on any atom is -0.481 e. The lowest BCUT2D eigenvalue weighted by Crippen LogP contribution is -2.17. The molecule has 3 aromatic rings. The average Bonchev–Trinajstić information content (AvgIpc) is 2.79. The van der Waals surface area contributed by atoms with Crippen LogP contribution in [0.15, 0.2) is 71.6 Å². The zero-order valence-corrected chi connectivity index (χ0v) is 18.6. The third-order valence-electron chi connectivity index (χ3n) is 4.78. The van der Waals surface area contributed by atoms with E-state index in [1.165, 1.54) is 12.1 Å². The van der Waals surface area contributed by atoms with Crippen LogP contribution in [0.1, 0.15) is 22.8 Å². The van der Waals surface area contributed by atoms with Gasteiger partial charge in [-0.3, -0.25) is 0 Å². The minimum atomic E-state index is -3.71. The van der Waals surface area contributed by atoms with Crippen LogP contribution in [0.4, 0.5) is 5.69 Å². The van der Waals surface area contributed by atoms with E-state index in [-0.39, 0.29) is 22.8 Å². The van der Waals surface area contributed by atoms with Crippen molar-refractivity contribution in [3.8, 4) is 28.7 Å². The first-order valence-corrected chi connectivity index (χ1v) is 11.5. The molecule has 3 aromatic carbocycles. The van der Waals surface area contributed by atoms with Crippen LogP contribution in [0.2, 0.25) is 0 Å². The summed E-state index contributed by atoms with van der Waals surface area (Å²) < 4.78 is 31.0. The van der Waals surface area contributed by atoms with Crippen LogP contribution < -0.4 is 10.1 Å². The Morgan fingerprint density at radius 1 is 1.03 bits per heavy atom. The van der Waals surface area contributed by atoms with Crippen molar-refractivity contribution in [3.05, 3.63) is 77.9 Å². The van der Waals surface area contributed by atoms with E-state index in [9.17, 15) is 18.3 Å². The maximum Gasteiger partial charge on any atom is 0.337 e. The SMILES string of the molecule is CC#CCOc1ccc(S(=O)(=O)CNc2c(C)cc(-c3ccccc3)cc2C(=O)O)cc1. The summed E-state index contributed by atoms with van der Waals surface area (Å²) in [5.74, 6) is 4.41. The zero-order chi connectivity index (χ0) is 23.1. The Kier molecular flexibility index (Phi) is 7.18. The van der Waals surface area contributed by atoms with Crippen LogP contribution >= 0.6 is 0 Å². The van der Waals surface area contributed by atoms with E-state index in [2.05, 4.69) is 17.2 Å². The first-order chi connectivity index (χ1) is 15.3. The zero-order valence-electron chi connectivity index (χ0n) is 17.8. The number of aryl methyl sites for hydroxylation is 1. The number of hydrogen-bond acceptors (Lipinski definition) is 5. The van der Waals surface area contributed by atoms with Crippen molar-refractivity contribution in [2.45, 2.75) is 18.7 Å². The van der Waals surface area contributed by atoms with Gasteiger partial charge in [0.25, 0.3) is 0 Å². The highest BCUT2D eigenvalue weighted by Crippen LogP contribution is 2.29. The Balaban J connectivity index is 1.82. The molecule has 0 aliphatic rings. The predicted octanol–water partition coefficient (Wildman–Crippen LogP) is 4.61. The molecule has 0 atom stereocenters. The Morgan fingerprint density at radius 2 is 1.72 bits per heavy atom. The van der Waals surface area contributed by atoms with E-state index in [0.29, 0.717) is 11.3 Å². The first-order valence-electron chi connectivity index (χ1n) is 9.84. The number of carboxylic acids is 1. The molecule has 0 aromatic heterocycles. The Bertz CT molecular complexity index is 1270. The van der Waals surface area contributed by atoms with Gasteiger partial charge in [-0.2, -0.15) is 0 Å². The molecule has 6 nitrogen and oxygen atoms in total. The summed E-state index contributed by atoms with van der Waals surface area (Å²) >= 11 is 0. The third-order valence-corrected chi connectivity index (χ3v) is 6.30. The van der Waals surface area contributed by atoms with Gasteiger partial charge in [0.15, 0.2) is 9.84 Å². The second-order valence-corrected chi connectivity index (χ2v) is 9.00. The van der Waals surface area contributed by atoms with Gasteiger partial charge in [-0.25, -0.2) is 13.2 Å². The van der Waals surface area contributed by atoms with Gasteiger partial charge < -0.3 is 15.2 Å². The lowest BCUT2D eigenvalue weighted by Gasteiger charge is -2.15. The highest BCUT2D eigenvalue weighted by Gasteiger charge is 2.19. The standard InChI is InChI=1S/C25H23NO5S/c1-3-4-14-31-21-10-12-22(13-11-21)32(29,30)17-26-24-18(2)15-20(16-23(24)25(27)28)19-8-6-5-7-9-19/h5-13,15-16,26H,14,17H2,1-2H3,(H,27,28). The Labute approximate surface area is 187 Å². The van der Waals surface area contributed by atoms with Crippen LogP contribution in [-0.4, -0.2) is 32.0 Å². The second kappa shape index (κ2) is 10.0. The van der Waals surface area contributed by atoms with Crippen LogP contribution in [0.3, 0.4) is 0 Å². The molecular formula is C25H23NO5S. The fraction of sp³-hybridized carbons (Fsp3) is 0.160. The number of sulfone groups is 1. The maximum absolute atomic E-state index is 12.8. The fourth-order valence-corrected chi connectivity index (χ4v) is 4.22. The molecule has 164 valence electrons. The summed E-state index contributed by atoms with van der Waals surface area (Å²) in [6.45, 7) is 3.68. The topological polar surface area (TPSA) is 92.7 Å². The van der Waals surface area contributed by atoms with Gasteiger partial charge in [0.05, 0.1) is 16.1 Å². The molecule has 2 N–H and O–H groups in total. The summed E-state index contributed by atoms with van der Waals surface area (Å²) in [5.41, 5.74) is 2.56. The molecule has 7 heteroatoms. The molecule has 0 radical (unpaired) electrons. The summed E-state index contributed by atoms with van der Waals surface area (Å²) in [7, 11) is -3.71. The molecule has 0 unspecified atom stereocenters. The smallest absolute Gasteiger partial charge is 0.337 e. The van der Waals surface area contributed by atoms with Crippen LogP contribution in [0.5, 0.6) is 5.75 Å². The van der Waals surface area contributed by atoms with Crippen molar-refractivity contribution in [2.75, 3.05) is 17.8 Å². The summed E-state index contributed by atoms with van der Waals surface area (Å²) in [5, 5.41) is 12.5. The Morgan fingerprint density at radius 3 is 2.34 bits per heavy atom. The number of nitrogens with one attached hydrogen (secondary N) is 1. The van der Waals surface area contributed by atoms with E-state index < -0.39 is 21.7 Å². The van der Waals surface area contributed by atoms with E-state index in [4.69, 9.17) is 4.74 Å². The molecule has 0 saturated carbocycles. The molecule has 0 spiro atoms. The predicted molar refractivity (Wildman–Crippen MR) is 125 cm³/mol. The van der Waals surface area contributed by atoms with E-state index >= 15 is 0 Å². The van der Waals surface area contributed by atoms with Gasteiger partial charge in [-0.15, -0.1) is 5.92 Å². The number of aromatic carboxylic acids is 1.